The van der Waals surface area contributed by atoms with Crippen molar-refractivity contribution < 1.29 is 13.9 Å². The number of hydrogen-bond donors (Lipinski definition) is 1. The van der Waals surface area contributed by atoms with Crippen LogP contribution in [0.15, 0.2) is 41.0 Å². The summed E-state index contributed by atoms with van der Waals surface area (Å²) in [6, 6.07) is 9.90. The molecule has 1 aliphatic heterocycles. The van der Waals surface area contributed by atoms with Crippen LogP contribution in [0.1, 0.15) is 25.1 Å². The maximum atomic E-state index is 5.43. The Balaban J connectivity index is 1.79. The minimum atomic E-state index is 0.167. The lowest BCUT2D eigenvalue weighted by molar-refractivity contribution is 0.174. The molecule has 4 heteroatoms. The molecule has 18 heavy (non-hydrogen) atoms. The van der Waals surface area contributed by atoms with Crippen molar-refractivity contribution in [3.05, 3.63) is 42.4 Å². The molecule has 1 atom stereocenters. The van der Waals surface area contributed by atoms with Crippen LogP contribution in [0, 0.1) is 0 Å². The van der Waals surface area contributed by atoms with Crippen molar-refractivity contribution in [1.82, 2.24) is 0 Å². The Hall–Kier alpha value is -2.10. The van der Waals surface area contributed by atoms with Gasteiger partial charge in [0.25, 0.3) is 0 Å². The van der Waals surface area contributed by atoms with Crippen molar-refractivity contribution in [2.45, 2.75) is 19.4 Å². The molecule has 1 N–H and O–H groups in total. The summed E-state index contributed by atoms with van der Waals surface area (Å²) in [6.45, 7) is 2.42. The van der Waals surface area contributed by atoms with E-state index in [1.54, 1.807) is 6.26 Å². The average molecular weight is 245 g/mol. The SMILES string of the molecule is CCC(Nc1ccc2c(c1)OCO2)c1ccco1. The molecule has 0 radical (unpaired) electrons. The van der Waals surface area contributed by atoms with Gasteiger partial charge in [-0.3, -0.25) is 0 Å². The van der Waals surface area contributed by atoms with Crippen LogP contribution in [-0.2, 0) is 0 Å². The van der Waals surface area contributed by atoms with Gasteiger partial charge in [0, 0.05) is 11.8 Å². The molecule has 0 saturated carbocycles. The highest BCUT2D eigenvalue weighted by atomic mass is 16.7. The van der Waals surface area contributed by atoms with Crippen LogP contribution < -0.4 is 14.8 Å². The van der Waals surface area contributed by atoms with E-state index in [0.717, 1.165) is 29.4 Å². The number of benzene rings is 1. The second-order valence-corrected chi connectivity index (χ2v) is 4.19. The Morgan fingerprint density at radius 2 is 2.11 bits per heavy atom. The van der Waals surface area contributed by atoms with Gasteiger partial charge in [0.15, 0.2) is 11.5 Å². The molecule has 0 fully saturated rings. The molecule has 0 bridgehead atoms. The standard InChI is InChI=1S/C14H15NO3/c1-2-11(12-4-3-7-16-12)15-10-5-6-13-14(8-10)18-9-17-13/h3-8,11,15H,2,9H2,1H3. The second kappa shape index (κ2) is 4.64. The number of rotatable bonds is 4. The smallest absolute Gasteiger partial charge is 0.231 e. The van der Waals surface area contributed by atoms with Crippen molar-refractivity contribution in [1.29, 1.82) is 0 Å². The predicted molar refractivity (Wildman–Crippen MR) is 67.9 cm³/mol. The van der Waals surface area contributed by atoms with Gasteiger partial charge in [0.2, 0.25) is 6.79 Å². The van der Waals surface area contributed by atoms with Crippen LogP contribution in [0.4, 0.5) is 5.69 Å². The molecule has 94 valence electrons. The number of hydrogen-bond acceptors (Lipinski definition) is 4. The Bertz CT molecular complexity index is 522. The van der Waals surface area contributed by atoms with Gasteiger partial charge in [-0.1, -0.05) is 6.92 Å². The molecule has 4 nitrogen and oxygen atoms in total. The zero-order chi connectivity index (χ0) is 12.4. The zero-order valence-electron chi connectivity index (χ0n) is 10.2. The maximum Gasteiger partial charge on any atom is 0.231 e. The fourth-order valence-corrected chi connectivity index (χ4v) is 2.05. The monoisotopic (exact) mass is 245 g/mol. The highest BCUT2D eigenvalue weighted by molar-refractivity contribution is 5.56. The fourth-order valence-electron chi connectivity index (χ4n) is 2.05. The van der Waals surface area contributed by atoms with Crippen molar-refractivity contribution in [2.24, 2.45) is 0 Å². The van der Waals surface area contributed by atoms with Gasteiger partial charge in [0.05, 0.1) is 12.3 Å². The van der Waals surface area contributed by atoms with Crippen molar-refractivity contribution >= 4 is 5.69 Å². The van der Waals surface area contributed by atoms with Crippen LogP contribution in [0.5, 0.6) is 11.5 Å². The zero-order valence-corrected chi connectivity index (χ0v) is 10.2. The summed E-state index contributed by atoms with van der Waals surface area (Å²) in [5.41, 5.74) is 1.00. The van der Waals surface area contributed by atoms with E-state index >= 15 is 0 Å². The summed E-state index contributed by atoms with van der Waals surface area (Å²) in [4.78, 5) is 0. The van der Waals surface area contributed by atoms with Crippen LogP contribution in [-0.4, -0.2) is 6.79 Å². The Morgan fingerprint density at radius 1 is 1.22 bits per heavy atom. The molecule has 1 unspecified atom stereocenters. The molecule has 0 aliphatic carbocycles. The lowest BCUT2D eigenvalue weighted by Crippen LogP contribution is -2.08. The first-order chi connectivity index (χ1) is 8.86. The molecule has 2 aromatic rings. The van der Waals surface area contributed by atoms with Crippen LogP contribution >= 0.6 is 0 Å². The van der Waals surface area contributed by atoms with Gasteiger partial charge in [-0.25, -0.2) is 0 Å². The van der Waals surface area contributed by atoms with Gasteiger partial charge in [-0.2, -0.15) is 0 Å². The van der Waals surface area contributed by atoms with Gasteiger partial charge in [-0.15, -0.1) is 0 Å². The number of fused-ring (bicyclic) bond motifs is 1. The summed E-state index contributed by atoms with van der Waals surface area (Å²) in [6.07, 6.45) is 2.64. The number of furan rings is 1. The summed E-state index contributed by atoms with van der Waals surface area (Å²) in [5.74, 6) is 2.52. The quantitative estimate of drug-likeness (QED) is 0.894. The molecule has 3 rings (SSSR count). The minimum absolute atomic E-state index is 0.167. The molecule has 1 aromatic carbocycles. The third-order valence-electron chi connectivity index (χ3n) is 3.01. The van der Waals surface area contributed by atoms with Crippen molar-refractivity contribution in [3.8, 4) is 11.5 Å². The van der Waals surface area contributed by atoms with Crippen LogP contribution in [0.2, 0.25) is 0 Å². The summed E-state index contributed by atoms with van der Waals surface area (Å²) >= 11 is 0. The van der Waals surface area contributed by atoms with Crippen molar-refractivity contribution in [3.63, 3.8) is 0 Å². The van der Waals surface area contributed by atoms with Gasteiger partial charge in [-0.05, 0) is 30.7 Å². The largest absolute Gasteiger partial charge is 0.467 e. The Morgan fingerprint density at radius 3 is 2.89 bits per heavy atom. The fraction of sp³-hybridized carbons (Fsp3) is 0.286. The first-order valence-corrected chi connectivity index (χ1v) is 6.06. The van der Waals surface area contributed by atoms with E-state index in [9.17, 15) is 0 Å². The topological polar surface area (TPSA) is 43.6 Å². The molecular weight excluding hydrogens is 230 g/mol. The highest BCUT2D eigenvalue weighted by Crippen LogP contribution is 2.35. The van der Waals surface area contributed by atoms with E-state index in [1.165, 1.54) is 0 Å². The first-order valence-electron chi connectivity index (χ1n) is 6.06. The summed E-state index contributed by atoms with van der Waals surface area (Å²) < 4.78 is 16.1. The van der Waals surface area contributed by atoms with Crippen LogP contribution in [0.25, 0.3) is 0 Å². The number of ether oxygens (including phenoxy) is 2. The van der Waals surface area contributed by atoms with E-state index in [4.69, 9.17) is 13.9 Å². The maximum absolute atomic E-state index is 5.43. The molecule has 1 aliphatic rings. The van der Waals surface area contributed by atoms with E-state index in [1.807, 2.05) is 30.3 Å². The van der Waals surface area contributed by atoms with E-state index in [0.29, 0.717) is 6.79 Å². The Labute approximate surface area is 106 Å². The first kappa shape index (κ1) is 11.0. The number of anilines is 1. The minimum Gasteiger partial charge on any atom is -0.467 e. The highest BCUT2D eigenvalue weighted by Gasteiger charge is 2.16. The predicted octanol–water partition coefficient (Wildman–Crippen LogP) is 3.57. The third kappa shape index (κ3) is 2.01. The lowest BCUT2D eigenvalue weighted by atomic mass is 10.1. The van der Waals surface area contributed by atoms with Crippen LogP contribution in [0.3, 0.4) is 0 Å². The van der Waals surface area contributed by atoms with E-state index in [2.05, 4.69) is 12.2 Å². The molecule has 2 heterocycles. The van der Waals surface area contributed by atoms with Gasteiger partial charge >= 0.3 is 0 Å². The normalized spacial score (nSPS) is 14.5. The third-order valence-corrected chi connectivity index (χ3v) is 3.01. The molecule has 1 aromatic heterocycles. The molecule has 0 amide bonds. The van der Waals surface area contributed by atoms with Gasteiger partial charge in [0.1, 0.15) is 5.76 Å². The average Bonchev–Trinajstić information content (AvgIpc) is 3.06. The van der Waals surface area contributed by atoms with Crippen molar-refractivity contribution in [2.75, 3.05) is 12.1 Å². The number of nitrogens with one attached hydrogen (secondary N) is 1. The van der Waals surface area contributed by atoms with Gasteiger partial charge < -0.3 is 19.2 Å². The Kier molecular flexibility index (Phi) is 2.84. The molecular formula is C14H15NO3. The lowest BCUT2D eigenvalue weighted by Gasteiger charge is -2.16. The molecule has 0 saturated heterocycles. The second-order valence-electron chi connectivity index (χ2n) is 4.19. The summed E-state index contributed by atoms with van der Waals surface area (Å²) in [7, 11) is 0. The molecule has 0 spiro atoms. The summed E-state index contributed by atoms with van der Waals surface area (Å²) in [5, 5.41) is 3.43. The van der Waals surface area contributed by atoms with E-state index in [-0.39, 0.29) is 6.04 Å². The van der Waals surface area contributed by atoms with E-state index < -0.39 is 0 Å².